The fourth-order valence-electron chi connectivity index (χ4n) is 2.15. The lowest BCUT2D eigenvalue weighted by atomic mass is 9.98. The van der Waals surface area contributed by atoms with Crippen molar-refractivity contribution in [3.8, 4) is 0 Å². The number of aryl methyl sites for hydroxylation is 1. The van der Waals surface area contributed by atoms with E-state index in [1.54, 1.807) is 6.07 Å². The predicted octanol–water partition coefficient (Wildman–Crippen LogP) is 3.67. The molecule has 0 aliphatic rings. The summed E-state index contributed by atoms with van der Waals surface area (Å²) in [4.78, 5) is 0. The molecule has 1 unspecified atom stereocenters. The Morgan fingerprint density at radius 1 is 1.15 bits per heavy atom. The van der Waals surface area contributed by atoms with Crippen LogP contribution in [0, 0.1) is 18.6 Å². The third-order valence-corrected chi connectivity index (χ3v) is 3.46. The Balaban J connectivity index is 2.28. The number of hydrogen-bond donors (Lipinski definition) is 2. The van der Waals surface area contributed by atoms with Crippen LogP contribution in [-0.4, -0.2) is 0 Å². The van der Waals surface area contributed by atoms with Crippen molar-refractivity contribution in [1.29, 1.82) is 0 Å². The maximum Gasteiger partial charge on any atom is 0.124 e. The first kappa shape index (κ1) is 14.9. The quantitative estimate of drug-likeness (QED) is 0.667. The largest absolute Gasteiger partial charge is 0.271 e. The van der Waals surface area contributed by atoms with Crippen molar-refractivity contribution < 1.29 is 8.78 Å². The lowest BCUT2D eigenvalue weighted by molar-refractivity contribution is 0.543. The van der Waals surface area contributed by atoms with Crippen molar-refractivity contribution in [3.63, 3.8) is 0 Å². The summed E-state index contributed by atoms with van der Waals surface area (Å²) in [5.74, 6) is 4.84. The lowest BCUT2D eigenvalue weighted by Gasteiger charge is -2.18. The van der Waals surface area contributed by atoms with Gasteiger partial charge in [0.05, 0.1) is 6.04 Å². The molecule has 0 saturated heterocycles. The van der Waals surface area contributed by atoms with Gasteiger partial charge < -0.3 is 0 Å². The van der Waals surface area contributed by atoms with E-state index >= 15 is 0 Å². The molecule has 3 N–H and O–H groups in total. The van der Waals surface area contributed by atoms with Crippen LogP contribution in [0.1, 0.15) is 22.7 Å². The highest BCUT2D eigenvalue weighted by Gasteiger charge is 2.14. The highest BCUT2D eigenvalue weighted by atomic mass is 35.5. The van der Waals surface area contributed by atoms with Gasteiger partial charge in [0.15, 0.2) is 0 Å². The molecule has 0 aliphatic carbocycles. The Morgan fingerprint density at radius 3 is 2.50 bits per heavy atom. The number of rotatable bonds is 4. The molecule has 0 fully saturated rings. The summed E-state index contributed by atoms with van der Waals surface area (Å²) in [6.07, 6.45) is 0.443. The van der Waals surface area contributed by atoms with Gasteiger partial charge in [-0.15, -0.1) is 0 Å². The van der Waals surface area contributed by atoms with Crippen LogP contribution in [-0.2, 0) is 6.42 Å². The van der Waals surface area contributed by atoms with E-state index in [0.29, 0.717) is 11.4 Å². The zero-order valence-corrected chi connectivity index (χ0v) is 11.7. The minimum atomic E-state index is -0.391. The summed E-state index contributed by atoms with van der Waals surface area (Å²) in [6, 6.07) is 8.62. The molecule has 0 aromatic heterocycles. The predicted molar refractivity (Wildman–Crippen MR) is 76.3 cm³/mol. The number of hydrogen-bond acceptors (Lipinski definition) is 2. The minimum absolute atomic E-state index is 0.299. The SMILES string of the molecule is Cc1cc(F)cc(C(Cc2ccc(F)cc2Cl)NN)c1. The molecule has 0 spiro atoms. The first-order valence-electron chi connectivity index (χ1n) is 6.16. The van der Waals surface area contributed by atoms with E-state index in [-0.39, 0.29) is 11.9 Å². The Labute approximate surface area is 121 Å². The maximum atomic E-state index is 13.5. The molecule has 106 valence electrons. The Kier molecular flexibility index (Phi) is 4.70. The molecule has 5 heteroatoms. The summed E-state index contributed by atoms with van der Waals surface area (Å²) >= 11 is 6.00. The Hall–Kier alpha value is -1.49. The summed E-state index contributed by atoms with van der Waals surface area (Å²) in [6.45, 7) is 1.81. The topological polar surface area (TPSA) is 38.0 Å². The highest BCUT2D eigenvalue weighted by molar-refractivity contribution is 6.31. The third-order valence-electron chi connectivity index (χ3n) is 3.11. The van der Waals surface area contributed by atoms with Crippen LogP contribution in [0.5, 0.6) is 0 Å². The molecule has 0 saturated carbocycles. The van der Waals surface area contributed by atoms with Crippen LogP contribution < -0.4 is 11.3 Å². The second-order valence-corrected chi connectivity index (χ2v) is 5.13. The molecular formula is C15H15ClF2N2. The van der Waals surface area contributed by atoms with Crippen molar-refractivity contribution in [3.05, 3.63) is 69.7 Å². The third kappa shape index (κ3) is 3.54. The first-order chi connectivity index (χ1) is 9.49. The fourth-order valence-corrected chi connectivity index (χ4v) is 2.39. The number of benzene rings is 2. The molecule has 2 aromatic rings. The van der Waals surface area contributed by atoms with E-state index < -0.39 is 5.82 Å². The van der Waals surface area contributed by atoms with E-state index in [2.05, 4.69) is 5.43 Å². The van der Waals surface area contributed by atoms with Gasteiger partial charge in [-0.3, -0.25) is 11.3 Å². The van der Waals surface area contributed by atoms with Gasteiger partial charge in [-0.25, -0.2) is 8.78 Å². The number of halogens is 3. The maximum absolute atomic E-state index is 13.5. The van der Waals surface area contributed by atoms with Crippen LogP contribution in [0.25, 0.3) is 0 Å². The van der Waals surface area contributed by atoms with E-state index in [4.69, 9.17) is 17.4 Å². The molecule has 2 aromatic carbocycles. The molecule has 20 heavy (non-hydrogen) atoms. The van der Waals surface area contributed by atoms with E-state index in [1.807, 2.05) is 13.0 Å². The minimum Gasteiger partial charge on any atom is -0.271 e. The summed E-state index contributed by atoms with van der Waals surface area (Å²) in [5, 5.41) is 0.332. The van der Waals surface area contributed by atoms with Gasteiger partial charge in [0, 0.05) is 5.02 Å². The Morgan fingerprint density at radius 2 is 1.90 bits per heavy atom. The van der Waals surface area contributed by atoms with Gasteiger partial charge in [-0.05, 0) is 54.3 Å². The summed E-state index contributed by atoms with van der Waals surface area (Å²) in [5.41, 5.74) is 4.93. The molecule has 1 atom stereocenters. The normalized spacial score (nSPS) is 12.4. The second-order valence-electron chi connectivity index (χ2n) is 4.72. The van der Waals surface area contributed by atoms with Crippen molar-refractivity contribution in [2.45, 2.75) is 19.4 Å². The highest BCUT2D eigenvalue weighted by Crippen LogP contribution is 2.25. The Bertz CT molecular complexity index is 597. The smallest absolute Gasteiger partial charge is 0.124 e. The van der Waals surface area contributed by atoms with E-state index in [1.165, 1.54) is 24.3 Å². The van der Waals surface area contributed by atoms with Crippen molar-refractivity contribution in [1.82, 2.24) is 5.43 Å². The average molecular weight is 297 g/mol. The fraction of sp³-hybridized carbons (Fsp3) is 0.200. The van der Waals surface area contributed by atoms with Gasteiger partial charge in [0.2, 0.25) is 0 Å². The first-order valence-corrected chi connectivity index (χ1v) is 6.54. The summed E-state index contributed by atoms with van der Waals surface area (Å²) in [7, 11) is 0. The number of hydrazine groups is 1. The van der Waals surface area contributed by atoms with Crippen LogP contribution in [0.4, 0.5) is 8.78 Å². The van der Waals surface area contributed by atoms with Crippen LogP contribution in [0.2, 0.25) is 5.02 Å². The molecule has 0 amide bonds. The summed E-state index contributed by atoms with van der Waals surface area (Å²) < 4.78 is 26.5. The van der Waals surface area contributed by atoms with Crippen molar-refractivity contribution in [2.24, 2.45) is 5.84 Å². The zero-order valence-electron chi connectivity index (χ0n) is 11.0. The van der Waals surface area contributed by atoms with Gasteiger partial charge in [-0.2, -0.15) is 0 Å². The van der Waals surface area contributed by atoms with Crippen molar-refractivity contribution >= 4 is 11.6 Å². The van der Waals surface area contributed by atoms with E-state index in [0.717, 1.165) is 16.7 Å². The molecule has 0 bridgehead atoms. The van der Waals surface area contributed by atoms with Crippen LogP contribution in [0.15, 0.2) is 36.4 Å². The monoisotopic (exact) mass is 296 g/mol. The molecular weight excluding hydrogens is 282 g/mol. The van der Waals surface area contributed by atoms with Crippen LogP contribution >= 0.6 is 11.6 Å². The van der Waals surface area contributed by atoms with Gasteiger partial charge in [0.1, 0.15) is 11.6 Å². The molecule has 0 aliphatic heterocycles. The lowest BCUT2D eigenvalue weighted by Crippen LogP contribution is -2.29. The number of nitrogens with one attached hydrogen (secondary N) is 1. The van der Waals surface area contributed by atoms with Gasteiger partial charge in [0.25, 0.3) is 0 Å². The van der Waals surface area contributed by atoms with Crippen LogP contribution in [0.3, 0.4) is 0 Å². The van der Waals surface area contributed by atoms with Gasteiger partial charge in [-0.1, -0.05) is 23.7 Å². The molecule has 0 heterocycles. The van der Waals surface area contributed by atoms with Crippen molar-refractivity contribution in [2.75, 3.05) is 0 Å². The number of nitrogens with two attached hydrogens (primary N) is 1. The van der Waals surface area contributed by atoms with E-state index in [9.17, 15) is 8.78 Å². The average Bonchev–Trinajstić information content (AvgIpc) is 2.36. The standard InChI is InChI=1S/C15H15ClF2N2/c1-9-4-11(6-13(18)5-9)15(20-19)7-10-2-3-12(17)8-14(10)16/h2-6,8,15,20H,7,19H2,1H3. The van der Waals surface area contributed by atoms with Gasteiger partial charge >= 0.3 is 0 Å². The molecule has 2 rings (SSSR count). The zero-order chi connectivity index (χ0) is 14.7. The molecule has 0 radical (unpaired) electrons. The second kappa shape index (κ2) is 6.31. The molecule has 2 nitrogen and oxygen atoms in total.